The second-order valence-corrected chi connectivity index (χ2v) is 7.75. The molecule has 2 aliphatic heterocycles. The highest BCUT2D eigenvalue weighted by molar-refractivity contribution is 6.13. The highest BCUT2D eigenvalue weighted by Gasteiger charge is 2.87. The number of nitrogens with zero attached hydrogens (tertiary/aromatic N) is 1. The largest absolute Gasteiger partial charge is 0.468 e. The first kappa shape index (κ1) is 16.9. The van der Waals surface area contributed by atoms with Crippen molar-refractivity contribution >= 4 is 11.8 Å². The minimum atomic E-state index is -1.91. The first-order chi connectivity index (χ1) is 12.9. The number of carbonyl (C=O) groups is 2. The topological polar surface area (TPSA) is 76.1 Å². The van der Waals surface area contributed by atoms with Gasteiger partial charge in [-0.2, -0.15) is 0 Å². The maximum absolute atomic E-state index is 13.8. The monoisotopic (exact) mass is 367 g/mol. The van der Waals surface area contributed by atoms with Crippen LogP contribution < -0.4 is 0 Å². The number of carbonyl (C=O) groups excluding carboxylic acids is 2. The third-order valence-corrected chi connectivity index (χ3v) is 6.88. The van der Waals surface area contributed by atoms with Crippen LogP contribution in [-0.2, 0) is 20.1 Å². The third-order valence-electron chi connectivity index (χ3n) is 6.88. The predicted octanol–water partition coefficient (Wildman–Crippen LogP) is 1.40. The lowest BCUT2D eigenvalue weighted by Crippen LogP contribution is -2.66. The van der Waals surface area contributed by atoms with Gasteiger partial charge < -0.3 is 14.6 Å². The van der Waals surface area contributed by atoms with Crippen LogP contribution in [0.5, 0.6) is 0 Å². The van der Waals surface area contributed by atoms with Crippen molar-refractivity contribution in [3.63, 3.8) is 0 Å². The molecule has 140 valence electrons. The fourth-order valence-electron chi connectivity index (χ4n) is 5.88. The molecule has 2 heterocycles. The van der Waals surface area contributed by atoms with Gasteiger partial charge in [-0.15, -0.1) is 0 Å². The number of ether oxygens (including phenoxy) is 2. The van der Waals surface area contributed by atoms with E-state index in [-0.39, 0.29) is 11.7 Å². The van der Waals surface area contributed by atoms with Gasteiger partial charge in [0.25, 0.3) is 0 Å². The van der Waals surface area contributed by atoms with Crippen molar-refractivity contribution in [2.45, 2.75) is 23.9 Å². The van der Waals surface area contributed by atoms with Crippen LogP contribution >= 0.6 is 0 Å². The molecule has 2 fully saturated rings. The van der Waals surface area contributed by atoms with Crippen molar-refractivity contribution in [3.05, 3.63) is 59.7 Å². The average Bonchev–Trinajstić information content (AvgIpc) is 3.39. The van der Waals surface area contributed by atoms with Gasteiger partial charge in [-0.3, -0.25) is 14.5 Å². The van der Waals surface area contributed by atoms with Crippen molar-refractivity contribution in [2.75, 3.05) is 20.7 Å². The van der Waals surface area contributed by atoms with Crippen LogP contribution in [0.25, 0.3) is 0 Å². The number of benzene rings is 1. The fourth-order valence-corrected chi connectivity index (χ4v) is 5.88. The fraction of sp³-hybridized carbons (Fsp3) is 0.429. The van der Waals surface area contributed by atoms with Gasteiger partial charge in [-0.25, -0.2) is 0 Å². The van der Waals surface area contributed by atoms with Crippen LogP contribution in [0.3, 0.4) is 0 Å². The molecule has 1 spiro atoms. The molecule has 0 bridgehead atoms. The van der Waals surface area contributed by atoms with Crippen LogP contribution in [0, 0.1) is 11.3 Å². The van der Waals surface area contributed by atoms with Gasteiger partial charge in [-0.1, -0.05) is 48.6 Å². The summed E-state index contributed by atoms with van der Waals surface area (Å²) in [7, 11) is 3.09. The number of likely N-dealkylation sites (tertiary alicyclic amines) is 1. The first-order valence-corrected chi connectivity index (χ1v) is 9.14. The Hall–Kier alpha value is -2.28. The smallest absolute Gasteiger partial charge is 0.317 e. The van der Waals surface area contributed by atoms with Crippen LogP contribution in [0.2, 0.25) is 0 Å². The molecule has 1 N–H and O–H groups in total. The number of likely N-dealkylation sites (N-methyl/N-ethyl adjacent to an activating group) is 1. The Morgan fingerprint density at radius 1 is 1.30 bits per heavy atom. The Morgan fingerprint density at radius 2 is 2.00 bits per heavy atom. The average molecular weight is 367 g/mol. The zero-order valence-corrected chi connectivity index (χ0v) is 15.2. The van der Waals surface area contributed by atoms with E-state index in [4.69, 9.17) is 9.47 Å². The Balaban J connectivity index is 1.84. The van der Waals surface area contributed by atoms with Gasteiger partial charge in [-0.05, 0) is 13.5 Å². The molecule has 4 unspecified atom stereocenters. The number of allylic oxidation sites excluding steroid dienone is 2. The lowest BCUT2D eigenvalue weighted by Gasteiger charge is -2.43. The lowest BCUT2D eigenvalue weighted by atomic mass is 9.62. The molecule has 6 heteroatoms. The highest BCUT2D eigenvalue weighted by Crippen LogP contribution is 2.69. The summed E-state index contributed by atoms with van der Waals surface area (Å²) in [6.45, 7) is 0.483. The van der Waals surface area contributed by atoms with Gasteiger partial charge in [0.1, 0.15) is 5.41 Å². The Kier molecular flexibility index (Phi) is 3.22. The molecule has 0 radical (unpaired) electrons. The summed E-state index contributed by atoms with van der Waals surface area (Å²) >= 11 is 0. The zero-order valence-electron chi connectivity index (χ0n) is 15.2. The van der Waals surface area contributed by atoms with Gasteiger partial charge in [0.2, 0.25) is 5.79 Å². The molecular formula is C21H21NO5. The van der Waals surface area contributed by atoms with E-state index in [0.717, 1.165) is 0 Å². The number of aliphatic hydroxyl groups is 1. The molecule has 5 rings (SSSR count). The van der Waals surface area contributed by atoms with Crippen LogP contribution in [0.4, 0.5) is 0 Å². The second kappa shape index (κ2) is 5.16. The van der Waals surface area contributed by atoms with E-state index in [1.807, 2.05) is 24.3 Å². The molecule has 0 amide bonds. The standard InChI is InChI=1S/C21H21NO5/c1-22-12-11-19(18(24)26-2)17(13-7-3-4-8-13)27-21(25)15-10-6-5-9-14(15)16(23)20(19,21)22/h3-10,13,17,25H,11-12H2,1-2H3. The van der Waals surface area contributed by atoms with Gasteiger partial charge >= 0.3 is 5.97 Å². The number of methoxy groups -OCH3 is 1. The number of hydrogen-bond acceptors (Lipinski definition) is 6. The maximum atomic E-state index is 13.8. The first-order valence-electron chi connectivity index (χ1n) is 9.14. The molecule has 4 aliphatic rings. The zero-order chi connectivity index (χ0) is 19.0. The SMILES string of the molecule is COC(=O)C12CCN(C)C13C(=O)c1ccccc1C3(O)OC2C1C=CC=C1. The van der Waals surface area contributed by atoms with E-state index >= 15 is 0 Å². The number of rotatable bonds is 2. The van der Waals surface area contributed by atoms with E-state index in [1.54, 1.807) is 36.2 Å². The summed E-state index contributed by atoms with van der Waals surface area (Å²) in [5, 5.41) is 11.9. The molecule has 6 nitrogen and oxygen atoms in total. The van der Waals surface area contributed by atoms with E-state index in [0.29, 0.717) is 24.1 Å². The van der Waals surface area contributed by atoms with Gasteiger partial charge in [0.15, 0.2) is 11.3 Å². The van der Waals surface area contributed by atoms with Crippen molar-refractivity contribution < 1.29 is 24.2 Å². The van der Waals surface area contributed by atoms with E-state index in [1.165, 1.54) is 7.11 Å². The number of esters is 1. The second-order valence-electron chi connectivity index (χ2n) is 7.75. The molecule has 1 aromatic carbocycles. The van der Waals surface area contributed by atoms with Crippen molar-refractivity contribution in [1.82, 2.24) is 4.90 Å². The van der Waals surface area contributed by atoms with E-state index < -0.39 is 28.8 Å². The molecule has 2 aliphatic carbocycles. The summed E-state index contributed by atoms with van der Waals surface area (Å²) in [6, 6.07) is 6.92. The molecule has 0 aromatic heterocycles. The normalized spacial score (nSPS) is 39.7. The van der Waals surface area contributed by atoms with Crippen LogP contribution in [-0.4, -0.2) is 54.1 Å². The summed E-state index contributed by atoms with van der Waals surface area (Å²) in [5.41, 5.74) is -2.01. The van der Waals surface area contributed by atoms with Crippen LogP contribution in [0.15, 0.2) is 48.6 Å². The highest BCUT2D eigenvalue weighted by atomic mass is 16.6. The van der Waals surface area contributed by atoms with E-state index in [9.17, 15) is 14.7 Å². The third kappa shape index (κ3) is 1.56. The molecule has 4 atom stereocenters. The lowest BCUT2D eigenvalue weighted by molar-refractivity contribution is -0.236. The Bertz CT molecular complexity index is 911. The van der Waals surface area contributed by atoms with Gasteiger partial charge in [0.05, 0.1) is 13.2 Å². The van der Waals surface area contributed by atoms with Crippen molar-refractivity contribution in [1.29, 1.82) is 0 Å². The molecule has 0 saturated carbocycles. The molecule has 2 saturated heterocycles. The van der Waals surface area contributed by atoms with Crippen molar-refractivity contribution in [2.24, 2.45) is 11.3 Å². The Morgan fingerprint density at radius 3 is 2.70 bits per heavy atom. The van der Waals surface area contributed by atoms with E-state index in [2.05, 4.69) is 0 Å². The summed E-state index contributed by atoms with van der Waals surface area (Å²) < 4.78 is 11.5. The van der Waals surface area contributed by atoms with Crippen molar-refractivity contribution in [3.8, 4) is 0 Å². The number of hydrogen-bond donors (Lipinski definition) is 1. The van der Waals surface area contributed by atoms with Gasteiger partial charge in [0, 0.05) is 23.6 Å². The molecular weight excluding hydrogens is 346 g/mol. The minimum Gasteiger partial charge on any atom is -0.468 e. The molecule has 1 aromatic rings. The summed E-state index contributed by atoms with van der Waals surface area (Å²) in [4.78, 5) is 28.8. The number of ketones is 1. The predicted molar refractivity (Wildman–Crippen MR) is 95.7 cm³/mol. The number of Topliss-reactive ketones (excluding diaryl/α,β-unsaturated/α-hetero) is 1. The Labute approximate surface area is 157 Å². The number of fused-ring (bicyclic) bond motifs is 2. The van der Waals surface area contributed by atoms with Crippen LogP contribution in [0.1, 0.15) is 22.3 Å². The molecule has 27 heavy (non-hydrogen) atoms. The minimum absolute atomic E-state index is 0.220. The summed E-state index contributed by atoms with van der Waals surface area (Å²) in [6.07, 6.45) is 7.31. The maximum Gasteiger partial charge on any atom is 0.317 e. The quantitative estimate of drug-likeness (QED) is 0.797. The summed E-state index contributed by atoms with van der Waals surface area (Å²) in [5.74, 6) is -2.92.